The standard InChI is InChI=1S/C60H86N4O10Si2.C40H63N3O8Si/c1-36(2)76(18,37(3)4)73-29-27-41-34-64(28-30-71-41)58(61-10)49-33-46-51(53(65)57(70-15)39(6)55(46)68-13)52(63(49)11)48(31-40-32-50(74-75(16,17)60(7,8)9)56(69-14)38(5)54(40)67-12)62-59(66)72-35-47-44-25-21-19-23-42(44)43-24-20-22-26-45(43)47;1-23(2)52(14,24(3)4)51-17-15-29-22-43(16-18-50-29)40(41-8)31-21-30-33(35(45)39(49-13)27(7)37(30)47-11)34(42(31)9)25(5)19-28-20-32(44)38(48-12)26(6)36(28)46-10/h19-26,32,36-37,41,47-49,52,58,65H,27-31,33-35H2,1-9,11-18H3,(H,62,66);20,23-25,29,31,34,40,44-45H,15-19,21-22H2,1-7,9-14H3/t41-,48?,49?,52?,58+;25?,29-,31?,34?,40+/m00/s1. The first-order valence-corrected chi connectivity index (χ1v) is 53.7. The topological polar surface area (TPSA) is 241 Å². The van der Waals surface area contributed by atoms with E-state index in [-0.39, 0.29) is 77.2 Å². The van der Waals surface area contributed by atoms with Crippen molar-refractivity contribution in [1.29, 1.82) is 0 Å². The number of carbonyl (C=O) groups is 1. The lowest BCUT2D eigenvalue weighted by molar-refractivity contribution is -0.0603. The Kier molecular flexibility index (Phi) is 34.0. The van der Waals surface area contributed by atoms with Crippen LogP contribution in [0, 0.1) is 46.8 Å². The molecule has 0 radical (unpaired) electrons. The van der Waals surface area contributed by atoms with Gasteiger partial charge >= 0.3 is 6.09 Å². The molecule has 5 aliphatic rings. The van der Waals surface area contributed by atoms with Crippen molar-refractivity contribution in [2.45, 2.75) is 263 Å². The molecular weight excluding hydrogens is 1670 g/mol. The van der Waals surface area contributed by atoms with Crippen LogP contribution in [0.2, 0.25) is 53.4 Å². The Hall–Kier alpha value is -8.50. The zero-order chi connectivity index (χ0) is 94.3. The lowest BCUT2D eigenvalue weighted by Crippen LogP contribution is -2.60. The number of hydrogen-bond acceptors (Lipinski definition) is 22. The second kappa shape index (κ2) is 42.8. The summed E-state index contributed by atoms with van der Waals surface area (Å²) in [6.07, 6.45) is 1.15. The molecule has 1 aliphatic carbocycles. The zero-order valence-electron chi connectivity index (χ0n) is 82.2. The number of ether oxygens (including phenoxy) is 11. The highest BCUT2D eigenvalue weighted by molar-refractivity contribution is 6.76. The van der Waals surface area contributed by atoms with E-state index >= 15 is 0 Å². The van der Waals surface area contributed by atoms with Crippen LogP contribution in [-0.2, 0) is 48.7 Å². The van der Waals surface area contributed by atoms with Crippen molar-refractivity contribution in [3.63, 3.8) is 0 Å². The van der Waals surface area contributed by atoms with Gasteiger partial charge in [-0.15, -0.1) is 0 Å². The van der Waals surface area contributed by atoms with Crippen LogP contribution in [0.25, 0.3) is 20.8 Å². The summed E-state index contributed by atoms with van der Waals surface area (Å²) in [5.41, 5.74) is 13.7. The van der Waals surface area contributed by atoms with Crippen LogP contribution in [0.5, 0.6) is 69.0 Å². The molecule has 10 atom stereocenters. The molecule has 0 aromatic heterocycles. The average molecular weight is 1820 g/mol. The SMILES string of the molecule is [C-]#[N+][C@@H](C1Cc2c(OC)c(C)c(OC)c(O)c2C(C(C)Cc2cc(O)c(OC)c(C)c2OC)N1C)N1CCO[C@@H](CCO[Si](C)(C(C)C)C(C)C)C1.[C-]#[N+][C@@H](C1Cc2c(OC)c(C)c(OC)c(O)c2C(C(Cc2cc(O[Si](C)(C)C(C)(C)C)c(OC)c(C)c2OC)NC(=O)OCC2c3ccccc3-c3ccccc32)N1C)N1CCO[C@@H](CCO[Si](C)(C(C)C)C(C)C)C1. The van der Waals surface area contributed by atoms with Gasteiger partial charge in [0, 0.05) is 114 Å². The number of nitrogens with zero attached hydrogens (tertiary/aromatic N) is 6. The number of morpholine rings is 2. The van der Waals surface area contributed by atoms with Crippen molar-refractivity contribution in [2.75, 3.05) is 130 Å². The smallest absolute Gasteiger partial charge is 0.407 e. The minimum atomic E-state index is -2.43. The van der Waals surface area contributed by atoms with Gasteiger partial charge in [-0.1, -0.05) is 132 Å². The summed E-state index contributed by atoms with van der Waals surface area (Å²) in [4.78, 5) is 32.6. The first-order valence-electron chi connectivity index (χ1n) is 45.7. The molecular formula is C100H149N7O18Si3. The quantitative estimate of drug-likeness (QED) is 0.0214. The zero-order valence-corrected chi connectivity index (χ0v) is 85.2. The number of aromatic hydroxyl groups is 3. The van der Waals surface area contributed by atoms with Gasteiger partial charge in [-0.25, -0.2) is 27.7 Å². The number of likely N-dealkylation sites (N-methyl/N-ethyl adjacent to an activating group) is 2. The molecule has 704 valence electrons. The minimum absolute atomic E-state index is 0.0324. The van der Waals surface area contributed by atoms with Gasteiger partial charge in [0.2, 0.25) is 0 Å². The Morgan fingerprint density at radius 3 is 1.34 bits per heavy atom. The molecule has 6 aromatic rings. The van der Waals surface area contributed by atoms with Crippen molar-refractivity contribution in [3.8, 4) is 80.1 Å². The van der Waals surface area contributed by atoms with Crippen molar-refractivity contribution in [2.24, 2.45) is 5.92 Å². The number of benzene rings is 6. The van der Waals surface area contributed by atoms with Crippen LogP contribution in [0.3, 0.4) is 0 Å². The average Bonchev–Trinajstić information content (AvgIpc) is 1.08. The van der Waals surface area contributed by atoms with E-state index in [1.54, 1.807) is 48.7 Å². The number of phenolic OH excluding ortho intramolecular Hbond substituents is 3. The highest BCUT2D eigenvalue weighted by Crippen LogP contribution is 2.57. The van der Waals surface area contributed by atoms with Crippen LogP contribution < -0.4 is 47.6 Å². The molecule has 128 heavy (non-hydrogen) atoms. The third-order valence-electron chi connectivity index (χ3n) is 29.5. The number of methoxy groups -OCH3 is 8. The molecule has 4 aliphatic heterocycles. The third kappa shape index (κ3) is 20.6. The number of rotatable bonds is 35. The highest BCUT2D eigenvalue weighted by atomic mass is 28.4. The van der Waals surface area contributed by atoms with Crippen LogP contribution in [-0.4, -0.2) is 239 Å². The second-order valence-electron chi connectivity index (χ2n) is 38.7. The molecule has 4 heterocycles. The summed E-state index contributed by atoms with van der Waals surface area (Å²) in [7, 11) is 10.5. The molecule has 2 saturated heterocycles. The minimum Gasteiger partial charge on any atom is -0.541 e. The fraction of sp³-hybridized carbons (Fsp3) is 0.610. The monoisotopic (exact) mass is 1820 g/mol. The molecule has 2 fully saturated rings. The van der Waals surface area contributed by atoms with Crippen LogP contribution in [0.15, 0.2) is 60.7 Å². The first-order chi connectivity index (χ1) is 60.6. The summed E-state index contributed by atoms with van der Waals surface area (Å²) in [5.74, 6) is 4.39. The first kappa shape index (κ1) is 102. The van der Waals surface area contributed by atoms with E-state index in [1.165, 1.54) is 14.2 Å². The molecule has 11 rings (SSSR count). The van der Waals surface area contributed by atoms with Gasteiger partial charge < -0.3 is 86.0 Å². The van der Waals surface area contributed by atoms with Gasteiger partial charge in [0.05, 0.1) is 94.4 Å². The molecule has 28 heteroatoms. The Morgan fingerprint density at radius 2 is 0.930 bits per heavy atom. The van der Waals surface area contributed by atoms with E-state index in [1.807, 2.05) is 72.1 Å². The molecule has 0 saturated carbocycles. The van der Waals surface area contributed by atoms with Gasteiger partial charge in [-0.3, -0.25) is 19.5 Å². The number of nitrogens with one attached hydrogen (secondary N) is 1. The van der Waals surface area contributed by atoms with Crippen molar-refractivity contribution >= 4 is 31.0 Å². The molecule has 6 unspecified atom stereocenters. The van der Waals surface area contributed by atoms with E-state index in [2.05, 4.69) is 168 Å². The molecule has 25 nitrogen and oxygen atoms in total. The van der Waals surface area contributed by atoms with Crippen LogP contribution >= 0.6 is 0 Å². The van der Waals surface area contributed by atoms with Crippen molar-refractivity contribution in [1.82, 2.24) is 24.9 Å². The van der Waals surface area contributed by atoms with Crippen molar-refractivity contribution in [3.05, 3.63) is 150 Å². The lowest BCUT2D eigenvalue weighted by atomic mass is 9.77. The number of fused-ring (bicyclic) bond motifs is 5. The van der Waals surface area contributed by atoms with E-state index in [9.17, 15) is 20.1 Å². The molecule has 0 spiro atoms. The van der Waals surface area contributed by atoms with E-state index in [0.717, 1.165) is 67.6 Å². The van der Waals surface area contributed by atoms with Crippen LogP contribution in [0.4, 0.5) is 4.79 Å². The number of phenols is 3. The van der Waals surface area contributed by atoms with E-state index in [0.29, 0.717) is 163 Å². The lowest BCUT2D eigenvalue weighted by Gasteiger charge is -2.47. The van der Waals surface area contributed by atoms with Gasteiger partial charge in [-0.2, -0.15) is 0 Å². The number of carbonyl (C=O) groups excluding carboxylic acids is 1. The highest BCUT2D eigenvalue weighted by Gasteiger charge is 2.53. The van der Waals surface area contributed by atoms with E-state index in [4.69, 9.17) is 78.5 Å². The summed E-state index contributed by atoms with van der Waals surface area (Å²) in [5, 5.41) is 38.6. The Labute approximate surface area is 766 Å². The summed E-state index contributed by atoms with van der Waals surface area (Å²) in [6, 6.07) is 17.6. The predicted octanol–water partition coefficient (Wildman–Crippen LogP) is 19.5. The van der Waals surface area contributed by atoms with Gasteiger partial charge in [0.25, 0.3) is 20.6 Å². The maximum atomic E-state index is 14.9. The second-order valence-corrected chi connectivity index (χ2v) is 53.4. The van der Waals surface area contributed by atoms with Gasteiger partial charge in [0.15, 0.2) is 56.9 Å². The summed E-state index contributed by atoms with van der Waals surface area (Å²) >= 11 is 0. The van der Waals surface area contributed by atoms with Gasteiger partial charge in [0.1, 0.15) is 47.4 Å². The molecule has 6 aromatic carbocycles. The Bertz CT molecular complexity index is 4870. The fourth-order valence-electron chi connectivity index (χ4n) is 20.4. The largest absolute Gasteiger partial charge is 0.541 e. The molecule has 0 bridgehead atoms. The normalized spacial score (nSPS) is 19.9. The van der Waals surface area contributed by atoms with Crippen molar-refractivity contribution < 1.29 is 85.5 Å². The predicted molar refractivity (Wildman–Crippen MR) is 513 cm³/mol. The number of hydrogen-bond donors (Lipinski definition) is 4. The van der Waals surface area contributed by atoms with Gasteiger partial charge in [-0.05, 0) is 167 Å². The third-order valence-corrected chi connectivity index (χ3v) is 44.7. The maximum absolute atomic E-state index is 14.9. The number of amides is 1. The van der Waals surface area contributed by atoms with Crippen LogP contribution in [0.1, 0.15) is 181 Å². The molecule has 1 amide bonds. The molecule has 4 N–H and O–H groups in total. The Balaban J connectivity index is 0.000000287. The summed E-state index contributed by atoms with van der Waals surface area (Å²) < 4.78 is 87.1. The fourth-order valence-corrected chi connectivity index (χ4v) is 26.6. The Morgan fingerprint density at radius 1 is 0.539 bits per heavy atom. The van der Waals surface area contributed by atoms with E-state index < -0.39 is 61.5 Å². The summed E-state index contributed by atoms with van der Waals surface area (Å²) in [6.45, 7) is 65.7. The number of alkyl carbamates (subject to hydrolysis) is 1. The maximum Gasteiger partial charge on any atom is 0.407 e.